The van der Waals surface area contributed by atoms with Crippen LogP contribution in [0.15, 0.2) is 0 Å². The molecule has 3 fully saturated rings. The van der Waals surface area contributed by atoms with Gasteiger partial charge in [0.15, 0.2) is 0 Å². The van der Waals surface area contributed by atoms with E-state index in [1.807, 2.05) is 0 Å². The van der Waals surface area contributed by atoms with Crippen LogP contribution in [-0.2, 0) is 14.3 Å². The number of carboxylic acid groups (broad SMARTS) is 1. The van der Waals surface area contributed by atoms with E-state index in [0.717, 1.165) is 19.3 Å². The second kappa shape index (κ2) is 3.19. The summed E-state index contributed by atoms with van der Waals surface area (Å²) in [4.78, 5) is 11.6. The quantitative estimate of drug-likeness (QED) is 0.743. The Morgan fingerprint density at radius 3 is 2.67 bits per heavy atom. The molecule has 4 atom stereocenters. The molecule has 3 aliphatic rings. The minimum atomic E-state index is -0.676. The normalized spacial score (nSPS) is 48.7. The van der Waals surface area contributed by atoms with Gasteiger partial charge in [0.05, 0.1) is 18.8 Å². The second-order valence-corrected chi connectivity index (χ2v) is 4.93. The smallest absolute Gasteiger partial charge is 0.312 e. The predicted molar refractivity (Wildman–Crippen MR) is 51.5 cm³/mol. The number of carbonyl (C=O) groups is 1. The standard InChI is InChI=1S/C11H16O4/c12-10(13)11(7-3-4-14-6-7)5-8-1-2-9(11)15-8/h7-9H,1-6H2,(H,12,13). The lowest BCUT2D eigenvalue weighted by Crippen LogP contribution is -2.46. The first kappa shape index (κ1) is 9.60. The highest BCUT2D eigenvalue weighted by atomic mass is 16.5. The fraction of sp³-hybridized carbons (Fsp3) is 0.909. The van der Waals surface area contributed by atoms with Crippen LogP contribution in [0.4, 0.5) is 0 Å². The fourth-order valence-electron chi connectivity index (χ4n) is 3.51. The van der Waals surface area contributed by atoms with Crippen LogP contribution in [-0.4, -0.2) is 36.5 Å². The third-order valence-electron chi connectivity index (χ3n) is 4.30. The van der Waals surface area contributed by atoms with Gasteiger partial charge in [0.2, 0.25) is 0 Å². The molecule has 0 aromatic heterocycles. The number of hydrogen-bond acceptors (Lipinski definition) is 3. The van der Waals surface area contributed by atoms with Gasteiger partial charge in [-0.25, -0.2) is 0 Å². The van der Waals surface area contributed by atoms with E-state index in [1.165, 1.54) is 0 Å². The van der Waals surface area contributed by atoms with Crippen LogP contribution >= 0.6 is 0 Å². The van der Waals surface area contributed by atoms with Crippen LogP contribution in [0.2, 0.25) is 0 Å². The Morgan fingerprint density at radius 1 is 1.33 bits per heavy atom. The van der Waals surface area contributed by atoms with E-state index < -0.39 is 11.4 Å². The summed E-state index contributed by atoms with van der Waals surface area (Å²) in [6.45, 7) is 1.30. The molecular formula is C11H16O4. The summed E-state index contributed by atoms with van der Waals surface area (Å²) < 4.78 is 11.1. The highest BCUT2D eigenvalue weighted by Crippen LogP contribution is 2.54. The first-order chi connectivity index (χ1) is 7.23. The van der Waals surface area contributed by atoms with E-state index in [9.17, 15) is 9.90 Å². The van der Waals surface area contributed by atoms with Crippen molar-refractivity contribution in [3.05, 3.63) is 0 Å². The first-order valence-electron chi connectivity index (χ1n) is 5.70. The molecular weight excluding hydrogens is 196 g/mol. The van der Waals surface area contributed by atoms with Gasteiger partial charge in [0.25, 0.3) is 0 Å². The Balaban J connectivity index is 1.92. The molecule has 15 heavy (non-hydrogen) atoms. The third-order valence-corrected chi connectivity index (χ3v) is 4.30. The minimum Gasteiger partial charge on any atom is -0.481 e. The number of ether oxygens (including phenoxy) is 2. The van der Waals surface area contributed by atoms with Crippen LogP contribution in [0, 0.1) is 11.3 Å². The van der Waals surface area contributed by atoms with Gasteiger partial charge in [-0.2, -0.15) is 0 Å². The van der Waals surface area contributed by atoms with Crippen molar-refractivity contribution in [1.29, 1.82) is 0 Å². The van der Waals surface area contributed by atoms with Gasteiger partial charge in [0.1, 0.15) is 5.41 Å². The average Bonchev–Trinajstić information content (AvgIpc) is 2.93. The molecule has 0 amide bonds. The van der Waals surface area contributed by atoms with E-state index in [-0.39, 0.29) is 18.1 Å². The molecule has 1 N–H and O–H groups in total. The maximum atomic E-state index is 11.6. The topological polar surface area (TPSA) is 55.8 Å². The number of rotatable bonds is 2. The molecule has 4 nitrogen and oxygen atoms in total. The SMILES string of the molecule is O=C(O)C1(C2CCOC2)CC2CCC1O2. The van der Waals surface area contributed by atoms with Crippen molar-refractivity contribution in [2.45, 2.75) is 37.9 Å². The number of carboxylic acids is 1. The molecule has 0 aliphatic carbocycles. The first-order valence-corrected chi connectivity index (χ1v) is 5.70. The van der Waals surface area contributed by atoms with Gasteiger partial charge in [-0.3, -0.25) is 4.79 Å². The van der Waals surface area contributed by atoms with Gasteiger partial charge < -0.3 is 14.6 Å². The molecule has 0 spiro atoms. The second-order valence-electron chi connectivity index (χ2n) is 4.93. The summed E-state index contributed by atoms with van der Waals surface area (Å²) in [5.74, 6) is -0.518. The molecule has 2 bridgehead atoms. The lowest BCUT2D eigenvalue weighted by Gasteiger charge is -2.35. The molecule has 0 radical (unpaired) electrons. The molecule has 0 aromatic carbocycles. The molecule has 3 rings (SSSR count). The van der Waals surface area contributed by atoms with E-state index in [2.05, 4.69) is 0 Å². The van der Waals surface area contributed by atoms with Crippen molar-refractivity contribution in [3.63, 3.8) is 0 Å². The lowest BCUT2D eigenvalue weighted by atomic mass is 9.65. The Morgan fingerprint density at radius 2 is 2.20 bits per heavy atom. The van der Waals surface area contributed by atoms with Gasteiger partial charge in [-0.15, -0.1) is 0 Å². The molecule has 3 heterocycles. The summed E-state index contributed by atoms with van der Waals surface area (Å²) in [6.07, 6.45) is 3.64. The van der Waals surface area contributed by atoms with Gasteiger partial charge in [0, 0.05) is 12.5 Å². The van der Waals surface area contributed by atoms with Crippen molar-refractivity contribution in [3.8, 4) is 0 Å². The van der Waals surface area contributed by atoms with Crippen molar-refractivity contribution >= 4 is 5.97 Å². The molecule has 0 aromatic rings. The maximum absolute atomic E-state index is 11.6. The largest absolute Gasteiger partial charge is 0.481 e. The zero-order valence-corrected chi connectivity index (χ0v) is 8.65. The summed E-state index contributed by atoms with van der Waals surface area (Å²) >= 11 is 0. The molecule has 4 heteroatoms. The maximum Gasteiger partial charge on any atom is 0.312 e. The summed E-state index contributed by atoms with van der Waals surface area (Å²) in [7, 11) is 0. The van der Waals surface area contributed by atoms with Crippen LogP contribution in [0.5, 0.6) is 0 Å². The Bertz CT molecular complexity index is 284. The highest BCUT2D eigenvalue weighted by Gasteiger charge is 2.61. The lowest BCUT2D eigenvalue weighted by molar-refractivity contribution is -0.157. The molecule has 0 saturated carbocycles. The number of hydrogen-bond donors (Lipinski definition) is 1. The van der Waals surface area contributed by atoms with Crippen molar-refractivity contribution in [2.24, 2.45) is 11.3 Å². The van der Waals surface area contributed by atoms with Crippen LogP contribution in [0.25, 0.3) is 0 Å². The Labute approximate surface area is 88.6 Å². The van der Waals surface area contributed by atoms with Gasteiger partial charge >= 0.3 is 5.97 Å². The number of fused-ring (bicyclic) bond motifs is 2. The molecule has 84 valence electrons. The van der Waals surface area contributed by atoms with E-state index >= 15 is 0 Å². The zero-order valence-electron chi connectivity index (χ0n) is 8.65. The summed E-state index contributed by atoms with van der Waals surface area (Å²) in [6, 6.07) is 0. The minimum absolute atomic E-state index is 0.0632. The number of aliphatic carboxylic acids is 1. The Hall–Kier alpha value is -0.610. The Kier molecular flexibility index (Phi) is 2.04. The molecule has 4 unspecified atom stereocenters. The fourth-order valence-corrected chi connectivity index (χ4v) is 3.51. The monoisotopic (exact) mass is 212 g/mol. The van der Waals surface area contributed by atoms with Gasteiger partial charge in [-0.05, 0) is 25.7 Å². The predicted octanol–water partition coefficient (Wildman–Crippen LogP) is 1.05. The summed E-state index contributed by atoms with van der Waals surface area (Å²) in [5.41, 5.74) is -0.639. The van der Waals surface area contributed by atoms with Crippen molar-refractivity contribution < 1.29 is 19.4 Å². The van der Waals surface area contributed by atoms with Crippen LogP contribution < -0.4 is 0 Å². The van der Waals surface area contributed by atoms with E-state index in [1.54, 1.807) is 0 Å². The average molecular weight is 212 g/mol. The van der Waals surface area contributed by atoms with Crippen molar-refractivity contribution in [1.82, 2.24) is 0 Å². The molecule has 3 aliphatic heterocycles. The van der Waals surface area contributed by atoms with Crippen LogP contribution in [0.3, 0.4) is 0 Å². The summed E-state index contributed by atoms with van der Waals surface area (Å²) in [5, 5.41) is 9.51. The van der Waals surface area contributed by atoms with Gasteiger partial charge in [-0.1, -0.05) is 0 Å². The molecule has 3 saturated heterocycles. The van der Waals surface area contributed by atoms with Crippen molar-refractivity contribution in [2.75, 3.05) is 13.2 Å². The van der Waals surface area contributed by atoms with E-state index in [0.29, 0.717) is 19.6 Å². The third kappa shape index (κ3) is 1.18. The highest BCUT2D eigenvalue weighted by molar-refractivity contribution is 5.77. The van der Waals surface area contributed by atoms with E-state index in [4.69, 9.17) is 9.47 Å². The zero-order chi connectivity index (χ0) is 10.5. The van der Waals surface area contributed by atoms with Crippen LogP contribution in [0.1, 0.15) is 25.7 Å².